The minimum absolute atomic E-state index is 0.429. The fraction of sp³-hybridized carbons (Fsp3) is 0.684. The number of hydrogen-bond acceptors (Lipinski definition) is 4. The largest absolute Gasteiger partial charge is 0.387 e. The summed E-state index contributed by atoms with van der Waals surface area (Å²) in [4.78, 5) is 0. The summed E-state index contributed by atoms with van der Waals surface area (Å²) < 4.78 is 25.1. The average Bonchev–Trinajstić information content (AvgIpc) is 2.52. The van der Waals surface area contributed by atoms with Gasteiger partial charge in [0.05, 0.1) is 12.4 Å². The molecule has 144 valence electrons. The predicted molar refractivity (Wildman–Crippen MR) is 105 cm³/mol. The quantitative estimate of drug-likeness (QED) is 0.490. The predicted octanol–water partition coefficient (Wildman–Crippen LogP) is 3.74. The van der Waals surface area contributed by atoms with Crippen LogP contribution in [0.15, 0.2) is 18.2 Å². The van der Waals surface area contributed by atoms with Crippen LogP contribution in [0.4, 0.5) is 5.69 Å². The summed E-state index contributed by atoms with van der Waals surface area (Å²) in [6.45, 7) is 6.77. The van der Waals surface area contributed by atoms with Crippen molar-refractivity contribution in [2.75, 3.05) is 17.5 Å². The smallest absolute Gasteiger partial charge is 0.229 e. The van der Waals surface area contributed by atoms with E-state index in [0.717, 1.165) is 30.2 Å². The van der Waals surface area contributed by atoms with Crippen molar-refractivity contribution in [3.05, 3.63) is 29.3 Å². The Labute approximate surface area is 153 Å². The van der Waals surface area contributed by atoms with Crippen molar-refractivity contribution >= 4 is 15.7 Å². The molecule has 0 aliphatic carbocycles. The second-order valence-electron chi connectivity index (χ2n) is 6.82. The second-order valence-corrected chi connectivity index (χ2v) is 8.57. The summed E-state index contributed by atoms with van der Waals surface area (Å²) >= 11 is 0. The number of benzene rings is 1. The molecule has 1 rings (SSSR count). The van der Waals surface area contributed by atoms with Gasteiger partial charge < -0.3 is 10.4 Å². The molecule has 0 saturated heterocycles. The fourth-order valence-corrected chi connectivity index (χ4v) is 3.54. The number of unbranched alkanes of at least 4 members (excludes halogenated alkanes) is 3. The molecule has 5 nitrogen and oxygen atoms in total. The Hall–Kier alpha value is -1.11. The topological polar surface area (TPSA) is 78.4 Å². The third-order valence-electron chi connectivity index (χ3n) is 4.43. The van der Waals surface area contributed by atoms with Gasteiger partial charge >= 0.3 is 0 Å². The number of hydrogen-bond donors (Lipinski definition) is 3. The van der Waals surface area contributed by atoms with Gasteiger partial charge in [0.2, 0.25) is 10.0 Å². The summed E-state index contributed by atoms with van der Waals surface area (Å²) in [6, 6.07) is 5.66. The minimum atomic E-state index is -3.29. The molecule has 25 heavy (non-hydrogen) atoms. The van der Waals surface area contributed by atoms with Crippen LogP contribution in [-0.4, -0.2) is 32.4 Å². The van der Waals surface area contributed by atoms with Crippen LogP contribution in [-0.2, 0) is 10.0 Å². The summed E-state index contributed by atoms with van der Waals surface area (Å²) in [5.41, 5.74) is 2.22. The highest BCUT2D eigenvalue weighted by Crippen LogP contribution is 2.22. The van der Waals surface area contributed by atoms with Gasteiger partial charge in [-0.25, -0.2) is 8.42 Å². The number of aliphatic hydroxyl groups is 1. The van der Waals surface area contributed by atoms with Crippen LogP contribution in [0.2, 0.25) is 0 Å². The van der Waals surface area contributed by atoms with Crippen LogP contribution in [0, 0.1) is 6.92 Å². The molecule has 0 radical (unpaired) electrons. The lowest BCUT2D eigenvalue weighted by Gasteiger charge is -2.21. The van der Waals surface area contributed by atoms with E-state index in [1.165, 1.54) is 25.7 Å². The van der Waals surface area contributed by atoms with E-state index in [-0.39, 0.29) is 0 Å². The number of sulfonamides is 1. The van der Waals surface area contributed by atoms with E-state index in [4.69, 9.17) is 0 Å². The molecule has 1 aromatic carbocycles. The lowest BCUT2D eigenvalue weighted by Crippen LogP contribution is -2.32. The molecular formula is C19H34N2O3S. The maximum atomic E-state index is 11.3. The van der Waals surface area contributed by atoms with E-state index < -0.39 is 16.1 Å². The van der Waals surface area contributed by atoms with Crippen LogP contribution < -0.4 is 10.0 Å². The molecule has 0 fully saturated rings. The molecule has 0 spiro atoms. The molecule has 2 atom stereocenters. The molecule has 2 unspecified atom stereocenters. The van der Waals surface area contributed by atoms with Crippen LogP contribution in [0.1, 0.15) is 69.6 Å². The minimum Gasteiger partial charge on any atom is -0.387 e. The Morgan fingerprint density at radius 2 is 1.88 bits per heavy atom. The van der Waals surface area contributed by atoms with Gasteiger partial charge in [-0.1, -0.05) is 45.6 Å². The summed E-state index contributed by atoms with van der Waals surface area (Å²) in [6.07, 6.45) is 7.73. The van der Waals surface area contributed by atoms with Crippen molar-refractivity contribution in [2.24, 2.45) is 0 Å². The second kappa shape index (κ2) is 10.8. The van der Waals surface area contributed by atoms with Crippen molar-refractivity contribution in [2.45, 2.75) is 71.4 Å². The molecule has 1 aromatic rings. The molecule has 0 heterocycles. The standard InChI is InChI=1S/C19H34N2O3S/c1-5-7-8-9-10-16(6-2)20-14-19(22)18-12-11-17(13-15(18)3)21-25(4,23)24/h11-13,16,19-22H,5-10,14H2,1-4H3. The van der Waals surface area contributed by atoms with Gasteiger partial charge in [0.1, 0.15) is 0 Å². The van der Waals surface area contributed by atoms with Gasteiger partial charge in [-0.2, -0.15) is 0 Å². The van der Waals surface area contributed by atoms with Crippen LogP contribution >= 0.6 is 0 Å². The highest BCUT2D eigenvalue weighted by Gasteiger charge is 2.14. The highest BCUT2D eigenvalue weighted by molar-refractivity contribution is 7.92. The molecule has 0 saturated carbocycles. The molecule has 0 bridgehead atoms. The van der Waals surface area contributed by atoms with Crippen molar-refractivity contribution in [1.82, 2.24) is 5.32 Å². The lowest BCUT2D eigenvalue weighted by molar-refractivity contribution is 0.167. The first kappa shape index (κ1) is 21.9. The van der Waals surface area contributed by atoms with Crippen LogP contribution in [0.25, 0.3) is 0 Å². The molecule has 3 N–H and O–H groups in total. The number of aryl methyl sites for hydroxylation is 1. The molecule has 0 aliphatic rings. The van der Waals surface area contributed by atoms with E-state index in [2.05, 4.69) is 23.9 Å². The third-order valence-corrected chi connectivity index (χ3v) is 5.04. The monoisotopic (exact) mass is 370 g/mol. The van der Waals surface area contributed by atoms with Gasteiger partial charge in [0.15, 0.2) is 0 Å². The zero-order valence-corrected chi connectivity index (χ0v) is 16.8. The number of aliphatic hydroxyl groups excluding tert-OH is 1. The zero-order valence-electron chi connectivity index (χ0n) is 16.0. The summed E-state index contributed by atoms with van der Waals surface area (Å²) in [5, 5.41) is 13.9. The van der Waals surface area contributed by atoms with Crippen LogP contribution in [0.5, 0.6) is 0 Å². The van der Waals surface area contributed by atoms with Crippen LogP contribution in [0.3, 0.4) is 0 Å². The van der Waals surface area contributed by atoms with Crippen molar-refractivity contribution < 1.29 is 13.5 Å². The SMILES string of the molecule is CCCCCCC(CC)NCC(O)c1ccc(NS(C)(=O)=O)cc1C. The Bertz CT molecular complexity index is 617. The van der Waals surface area contributed by atoms with Gasteiger partial charge in [-0.15, -0.1) is 0 Å². The van der Waals surface area contributed by atoms with Crippen molar-refractivity contribution in [1.29, 1.82) is 0 Å². The van der Waals surface area contributed by atoms with E-state index in [9.17, 15) is 13.5 Å². The lowest BCUT2D eigenvalue weighted by atomic mass is 10.0. The molecular weight excluding hydrogens is 336 g/mol. The van der Waals surface area contributed by atoms with E-state index in [1.54, 1.807) is 18.2 Å². The summed E-state index contributed by atoms with van der Waals surface area (Å²) in [5.74, 6) is 0. The van der Waals surface area contributed by atoms with E-state index >= 15 is 0 Å². The first-order chi connectivity index (χ1) is 11.8. The molecule has 0 aliphatic heterocycles. The summed E-state index contributed by atoms with van der Waals surface area (Å²) in [7, 11) is -3.29. The first-order valence-electron chi connectivity index (χ1n) is 9.26. The van der Waals surface area contributed by atoms with Gasteiger partial charge in [-0.3, -0.25) is 4.72 Å². The third kappa shape index (κ3) is 8.70. The van der Waals surface area contributed by atoms with Gasteiger partial charge in [-0.05, 0) is 43.0 Å². The Balaban J connectivity index is 2.57. The first-order valence-corrected chi connectivity index (χ1v) is 11.2. The zero-order chi connectivity index (χ0) is 18.9. The Kier molecular flexibility index (Phi) is 9.46. The van der Waals surface area contributed by atoms with Gasteiger partial charge in [0, 0.05) is 18.3 Å². The normalized spacial score (nSPS) is 14.3. The maximum absolute atomic E-state index is 11.3. The van der Waals surface area contributed by atoms with E-state index in [0.29, 0.717) is 18.3 Å². The highest BCUT2D eigenvalue weighted by atomic mass is 32.2. The number of nitrogens with one attached hydrogen (secondary N) is 2. The fourth-order valence-electron chi connectivity index (χ4n) is 2.98. The number of anilines is 1. The van der Waals surface area contributed by atoms with E-state index in [1.807, 2.05) is 6.92 Å². The molecule has 0 amide bonds. The van der Waals surface area contributed by atoms with Crippen molar-refractivity contribution in [3.8, 4) is 0 Å². The molecule has 6 heteroatoms. The molecule has 0 aromatic heterocycles. The average molecular weight is 371 g/mol. The Morgan fingerprint density at radius 1 is 1.16 bits per heavy atom. The van der Waals surface area contributed by atoms with Gasteiger partial charge in [0.25, 0.3) is 0 Å². The Morgan fingerprint density at radius 3 is 2.44 bits per heavy atom. The van der Waals surface area contributed by atoms with Crippen molar-refractivity contribution in [3.63, 3.8) is 0 Å². The maximum Gasteiger partial charge on any atom is 0.229 e. The number of rotatable bonds is 12.